The Kier molecular flexibility index (Phi) is 15.3. The highest BCUT2D eigenvalue weighted by Crippen LogP contribution is 2.42. The molecule has 48 heavy (non-hydrogen) atoms. The van der Waals surface area contributed by atoms with E-state index in [-0.39, 0.29) is 6.61 Å². The minimum Gasteiger partial charge on any atom is -0.465 e. The topological polar surface area (TPSA) is 176 Å². The van der Waals surface area contributed by atoms with Crippen molar-refractivity contribution < 1.29 is 66.7 Å². The summed E-state index contributed by atoms with van der Waals surface area (Å²) in [6.45, 7) is 19.0. The molecule has 8 atom stereocenters. The van der Waals surface area contributed by atoms with Gasteiger partial charge in [-0.05, 0) is 0 Å². The van der Waals surface area contributed by atoms with E-state index >= 15 is 0 Å². The molecule has 14 nitrogen and oxygen atoms in total. The number of rotatable bonds is 16. The fourth-order valence-corrected chi connectivity index (χ4v) is 4.27. The van der Waals surface area contributed by atoms with E-state index in [9.17, 15) is 28.8 Å². The second-order valence-corrected chi connectivity index (χ2v) is 14.1. The molecule has 0 N–H and O–H groups in total. The zero-order valence-corrected chi connectivity index (χ0v) is 30.2. The van der Waals surface area contributed by atoms with Crippen molar-refractivity contribution >= 4 is 35.8 Å². The van der Waals surface area contributed by atoms with Gasteiger partial charge in [0, 0.05) is 0 Å². The van der Waals surface area contributed by atoms with Gasteiger partial charge in [-0.1, -0.05) is 83.1 Å². The van der Waals surface area contributed by atoms with Gasteiger partial charge in [-0.25, -0.2) is 0 Å². The van der Waals surface area contributed by atoms with Crippen LogP contribution < -0.4 is 0 Å². The molecule has 2 aliphatic rings. The van der Waals surface area contributed by atoms with Crippen LogP contribution in [0.15, 0.2) is 0 Å². The lowest BCUT2D eigenvalue weighted by Crippen LogP contribution is -2.63. The highest BCUT2D eigenvalue weighted by atomic mass is 16.7. The normalized spacial score (nSPS) is 26.9. The van der Waals surface area contributed by atoms with Gasteiger partial charge in [-0.15, -0.1) is 0 Å². The summed E-state index contributed by atoms with van der Waals surface area (Å²) in [5.41, 5.74) is 0. The first-order valence-corrected chi connectivity index (χ1v) is 16.7. The third-order valence-electron chi connectivity index (χ3n) is 7.55. The molecule has 1 saturated heterocycles. The minimum atomic E-state index is -1.49. The number of ether oxygens (including phenoxy) is 8. The maximum absolute atomic E-state index is 13.1. The van der Waals surface area contributed by atoms with Crippen LogP contribution in [0.4, 0.5) is 0 Å². The first-order valence-electron chi connectivity index (χ1n) is 16.7. The SMILES string of the molecule is CC(C)C(=O)OCC1OC(OC2C(COC(=O)C(C)C)C2OC(=O)C(C)C)C(OC(=O)C(C)C)C(OC(=O)C(C)C)C1OC(=O)C(C)C. The van der Waals surface area contributed by atoms with E-state index in [1.54, 1.807) is 83.1 Å². The lowest BCUT2D eigenvalue weighted by atomic mass is 9.97. The average molecular weight is 687 g/mol. The van der Waals surface area contributed by atoms with Crippen molar-refractivity contribution in [3.05, 3.63) is 0 Å². The second kappa shape index (κ2) is 17.9. The number of carbonyl (C=O) groups excluding carboxylic acids is 6. The summed E-state index contributed by atoms with van der Waals surface area (Å²) in [4.78, 5) is 76.3. The van der Waals surface area contributed by atoms with Crippen molar-refractivity contribution in [1.29, 1.82) is 0 Å². The van der Waals surface area contributed by atoms with Gasteiger partial charge in [0.25, 0.3) is 0 Å². The van der Waals surface area contributed by atoms with Crippen molar-refractivity contribution in [1.82, 2.24) is 0 Å². The molecular formula is C34H54O14. The summed E-state index contributed by atoms with van der Waals surface area (Å²) in [6, 6.07) is 0. The summed E-state index contributed by atoms with van der Waals surface area (Å²) in [5.74, 6) is -7.43. The third-order valence-corrected chi connectivity index (χ3v) is 7.55. The average Bonchev–Trinajstić information content (AvgIpc) is 3.65. The van der Waals surface area contributed by atoms with Crippen molar-refractivity contribution in [3.63, 3.8) is 0 Å². The molecular weight excluding hydrogens is 632 g/mol. The summed E-state index contributed by atoms with van der Waals surface area (Å²) < 4.78 is 46.6. The predicted molar refractivity (Wildman–Crippen MR) is 167 cm³/mol. The van der Waals surface area contributed by atoms with E-state index in [1.165, 1.54) is 0 Å². The van der Waals surface area contributed by atoms with Gasteiger partial charge < -0.3 is 37.9 Å². The van der Waals surface area contributed by atoms with Gasteiger partial charge in [0.05, 0.1) is 41.4 Å². The molecule has 0 radical (unpaired) electrons. The Balaban J connectivity index is 2.59. The Bertz CT molecular complexity index is 1140. The second-order valence-electron chi connectivity index (χ2n) is 14.1. The zero-order valence-electron chi connectivity index (χ0n) is 30.2. The molecule has 0 bridgehead atoms. The van der Waals surface area contributed by atoms with Gasteiger partial charge >= 0.3 is 35.8 Å². The number of esters is 6. The lowest BCUT2D eigenvalue weighted by Gasteiger charge is -2.44. The number of carbonyl (C=O) groups is 6. The van der Waals surface area contributed by atoms with Crippen LogP contribution in [0.2, 0.25) is 0 Å². The highest BCUT2D eigenvalue weighted by molar-refractivity contribution is 5.74. The predicted octanol–water partition coefficient (Wildman–Crippen LogP) is 3.40. The van der Waals surface area contributed by atoms with Gasteiger partial charge in [0.2, 0.25) is 0 Å². The van der Waals surface area contributed by atoms with Gasteiger partial charge in [-0.3, -0.25) is 28.8 Å². The molecule has 14 heteroatoms. The zero-order chi connectivity index (χ0) is 36.6. The monoisotopic (exact) mass is 686 g/mol. The van der Waals surface area contributed by atoms with Crippen LogP contribution >= 0.6 is 0 Å². The van der Waals surface area contributed by atoms with Crippen LogP contribution in [0, 0.1) is 41.4 Å². The smallest absolute Gasteiger partial charge is 0.308 e. The van der Waals surface area contributed by atoms with Crippen LogP contribution in [0.25, 0.3) is 0 Å². The molecule has 1 aliphatic carbocycles. The summed E-state index contributed by atoms with van der Waals surface area (Å²) in [6.07, 6.45) is -8.81. The van der Waals surface area contributed by atoms with Crippen LogP contribution in [0.1, 0.15) is 83.1 Å². The molecule has 1 heterocycles. The molecule has 2 fully saturated rings. The van der Waals surface area contributed by atoms with Gasteiger partial charge in [0.15, 0.2) is 24.6 Å². The van der Waals surface area contributed by atoms with Crippen LogP contribution in [0.5, 0.6) is 0 Å². The van der Waals surface area contributed by atoms with Crippen LogP contribution in [-0.2, 0) is 66.7 Å². The molecule has 0 spiro atoms. The Morgan fingerprint density at radius 2 is 0.792 bits per heavy atom. The standard InChI is InChI=1S/C34H54O14/c1-15(2)28(35)41-13-21-23(44-30(37)17(5)6)24(21)48-34-27(47-33(40)20(11)12)26(46-32(39)19(9)10)25(45-31(38)18(7)8)22(43-34)14-42-29(36)16(3)4/h15-27,34H,13-14H2,1-12H3. The Morgan fingerprint density at radius 1 is 0.438 bits per heavy atom. The molecule has 1 aliphatic heterocycles. The van der Waals surface area contributed by atoms with E-state index < -0.39 is 127 Å². The molecule has 274 valence electrons. The van der Waals surface area contributed by atoms with Crippen LogP contribution in [0.3, 0.4) is 0 Å². The quantitative estimate of drug-likeness (QED) is 0.171. The summed E-state index contributed by atoms with van der Waals surface area (Å²) >= 11 is 0. The Hall–Kier alpha value is -3.26. The summed E-state index contributed by atoms with van der Waals surface area (Å²) in [7, 11) is 0. The largest absolute Gasteiger partial charge is 0.465 e. The van der Waals surface area contributed by atoms with Crippen molar-refractivity contribution in [3.8, 4) is 0 Å². The molecule has 1 saturated carbocycles. The molecule has 0 aromatic rings. The molecule has 2 rings (SSSR count). The van der Waals surface area contributed by atoms with E-state index in [0.717, 1.165) is 0 Å². The third kappa shape index (κ3) is 11.4. The van der Waals surface area contributed by atoms with Gasteiger partial charge in [-0.2, -0.15) is 0 Å². The number of hydrogen-bond donors (Lipinski definition) is 0. The maximum Gasteiger partial charge on any atom is 0.308 e. The Labute approximate surface area is 283 Å². The fourth-order valence-electron chi connectivity index (χ4n) is 4.27. The van der Waals surface area contributed by atoms with Crippen molar-refractivity contribution in [2.24, 2.45) is 41.4 Å². The molecule has 0 aromatic carbocycles. The maximum atomic E-state index is 13.1. The van der Waals surface area contributed by atoms with Crippen molar-refractivity contribution in [2.45, 2.75) is 126 Å². The van der Waals surface area contributed by atoms with Gasteiger partial charge in [0.1, 0.15) is 31.5 Å². The van der Waals surface area contributed by atoms with Crippen LogP contribution in [-0.4, -0.2) is 91.9 Å². The first kappa shape index (κ1) is 40.9. The van der Waals surface area contributed by atoms with E-state index in [2.05, 4.69) is 0 Å². The molecule has 0 amide bonds. The lowest BCUT2D eigenvalue weighted by molar-refractivity contribution is -0.314. The highest BCUT2D eigenvalue weighted by Gasteiger charge is 2.61. The summed E-state index contributed by atoms with van der Waals surface area (Å²) in [5, 5.41) is 0. The number of hydrogen-bond acceptors (Lipinski definition) is 14. The Morgan fingerprint density at radius 3 is 1.21 bits per heavy atom. The van der Waals surface area contributed by atoms with E-state index in [0.29, 0.717) is 0 Å². The van der Waals surface area contributed by atoms with Crippen molar-refractivity contribution in [2.75, 3.05) is 13.2 Å². The molecule has 8 unspecified atom stereocenters. The molecule has 0 aromatic heterocycles. The van der Waals surface area contributed by atoms with E-state index in [1.807, 2.05) is 0 Å². The first-order chi connectivity index (χ1) is 22.3. The minimum absolute atomic E-state index is 0.142. The van der Waals surface area contributed by atoms with E-state index in [4.69, 9.17) is 37.9 Å². The fraction of sp³-hybridized carbons (Fsp3) is 0.824.